The fraction of sp³-hybridized carbons (Fsp3) is 0.519. The number of fused-ring (bicyclic) bond motifs is 5. The number of aliphatic hydroxyl groups excluding tert-OH is 2. The van der Waals surface area contributed by atoms with Gasteiger partial charge in [0.25, 0.3) is 0 Å². The fourth-order valence-electron chi connectivity index (χ4n) is 6.81. The Morgan fingerprint density at radius 2 is 1.88 bits per heavy atom. The van der Waals surface area contributed by atoms with E-state index in [9.17, 15) is 15.0 Å². The smallest absolute Gasteiger partial charge is 0.303 e. The van der Waals surface area contributed by atoms with Crippen LogP contribution in [0.5, 0.6) is 5.75 Å². The van der Waals surface area contributed by atoms with Gasteiger partial charge in [-0.05, 0) is 72.3 Å². The quantitative estimate of drug-likeness (QED) is 0.709. The van der Waals surface area contributed by atoms with Crippen LogP contribution >= 0.6 is 0 Å². The van der Waals surface area contributed by atoms with Gasteiger partial charge in [-0.3, -0.25) is 4.79 Å². The van der Waals surface area contributed by atoms with E-state index >= 15 is 0 Å². The molecule has 0 amide bonds. The second-order valence-electron chi connectivity index (χ2n) is 10.0. The molecular formula is C27H32O5. The normalized spacial score (nSPS) is 35.4. The molecule has 5 nitrogen and oxygen atoms in total. The highest BCUT2D eigenvalue weighted by Crippen LogP contribution is 2.61. The first-order valence-corrected chi connectivity index (χ1v) is 11.7. The molecule has 0 heterocycles. The lowest BCUT2D eigenvalue weighted by Gasteiger charge is -2.50. The molecule has 2 saturated carbocycles. The predicted molar refractivity (Wildman–Crippen MR) is 120 cm³/mol. The molecule has 5 heteroatoms. The maximum Gasteiger partial charge on any atom is 0.303 e. The number of aliphatic hydroxyl groups is 2. The molecule has 32 heavy (non-hydrogen) atoms. The Morgan fingerprint density at radius 3 is 2.62 bits per heavy atom. The molecule has 3 unspecified atom stereocenters. The SMILES string of the molecule is CC(=O)OC1C(O)C(O)[C@H]2[C@@H]3CCc4cc(OCc5ccccc5)ccc4[C@H]3CC[C@]12C. The van der Waals surface area contributed by atoms with Gasteiger partial charge in [-0.15, -0.1) is 0 Å². The number of esters is 1. The maximum absolute atomic E-state index is 11.7. The van der Waals surface area contributed by atoms with Crippen molar-refractivity contribution in [1.82, 2.24) is 0 Å². The number of carbonyl (C=O) groups is 1. The molecule has 170 valence electrons. The molecular weight excluding hydrogens is 404 g/mol. The molecule has 3 aliphatic carbocycles. The first kappa shape index (κ1) is 21.5. The lowest BCUT2D eigenvalue weighted by atomic mass is 9.55. The van der Waals surface area contributed by atoms with Crippen LogP contribution in [0.2, 0.25) is 0 Å². The Bertz CT molecular complexity index is 989. The van der Waals surface area contributed by atoms with E-state index < -0.39 is 29.7 Å². The molecule has 3 aliphatic rings. The largest absolute Gasteiger partial charge is 0.489 e. The van der Waals surface area contributed by atoms with Gasteiger partial charge in [0.1, 0.15) is 24.6 Å². The summed E-state index contributed by atoms with van der Waals surface area (Å²) < 4.78 is 11.6. The fourth-order valence-corrected chi connectivity index (χ4v) is 6.81. The van der Waals surface area contributed by atoms with Crippen LogP contribution in [0.4, 0.5) is 0 Å². The summed E-state index contributed by atoms with van der Waals surface area (Å²) in [5.74, 6) is 1.02. The van der Waals surface area contributed by atoms with E-state index in [1.54, 1.807) is 0 Å². The average Bonchev–Trinajstić information content (AvgIpc) is 2.98. The average molecular weight is 437 g/mol. The third kappa shape index (κ3) is 3.52. The van der Waals surface area contributed by atoms with E-state index in [-0.39, 0.29) is 11.8 Å². The van der Waals surface area contributed by atoms with Gasteiger partial charge in [-0.1, -0.05) is 43.3 Å². The molecule has 5 rings (SSSR count). The standard InChI is InChI=1S/C27H32O5/c1-16(28)32-26-25(30)24(29)23-22-10-8-18-14-19(31-15-17-6-4-3-5-7-17)9-11-20(18)21(22)12-13-27(23,26)2/h3-7,9,11,14,21-26,29-30H,8,10,12-13,15H2,1-2H3/t21-,22-,23-,24?,25?,26?,27+/m1/s1. The van der Waals surface area contributed by atoms with E-state index in [1.165, 1.54) is 18.1 Å². The number of benzene rings is 2. The van der Waals surface area contributed by atoms with Crippen molar-refractivity contribution in [3.8, 4) is 5.75 Å². The van der Waals surface area contributed by atoms with Crippen molar-refractivity contribution >= 4 is 5.97 Å². The van der Waals surface area contributed by atoms with Gasteiger partial charge in [0.15, 0.2) is 0 Å². The molecule has 2 aromatic rings. The van der Waals surface area contributed by atoms with E-state index in [4.69, 9.17) is 9.47 Å². The summed E-state index contributed by atoms with van der Waals surface area (Å²) in [6.07, 6.45) is 1.12. The maximum atomic E-state index is 11.7. The molecule has 0 saturated heterocycles. The molecule has 0 aliphatic heterocycles. The summed E-state index contributed by atoms with van der Waals surface area (Å²) in [6.45, 7) is 4.00. The van der Waals surface area contributed by atoms with Gasteiger partial charge in [-0.2, -0.15) is 0 Å². The lowest BCUT2D eigenvalue weighted by Crippen LogP contribution is -2.47. The zero-order chi connectivity index (χ0) is 22.5. The Kier molecular flexibility index (Phi) is 5.50. The van der Waals surface area contributed by atoms with Crippen molar-refractivity contribution in [3.63, 3.8) is 0 Å². The van der Waals surface area contributed by atoms with E-state index in [0.29, 0.717) is 12.5 Å². The third-order valence-electron chi connectivity index (χ3n) is 8.21. The second-order valence-corrected chi connectivity index (χ2v) is 10.0. The van der Waals surface area contributed by atoms with Crippen LogP contribution in [0, 0.1) is 17.3 Å². The highest BCUT2D eigenvalue weighted by Gasteiger charge is 2.64. The number of carbonyl (C=O) groups excluding carboxylic acids is 1. The molecule has 2 fully saturated rings. The van der Waals surface area contributed by atoms with Crippen molar-refractivity contribution in [1.29, 1.82) is 0 Å². The van der Waals surface area contributed by atoms with Crippen LogP contribution in [0.25, 0.3) is 0 Å². The van der Waals surface area contributed by atoms with Crippen LogP contribution in [0.3, 0.4) is 0 Å². The van der Waals surface area contributed by atoms with E-state index in [2.05, 4.69) is 37.3 Å². The summed E-state index contributed by atoms with van der Waals surface area (Å²) in [4.78, 5) is 11.7. The van der Waals surface area contributed by atoms with Crippen LogP contribution in [-0.2, 0) is 22.6 Å². The highest BCUT2D eigenvalue weighted by molar-refractivity contribution is 5.66. The van der Waals surface area contributed by atoms with Crippen LogP contribution in [0.15, 0.2) is 48.5 Å². The minimum absolute atomic E-state index is 0.0808. The van der Waals surface area contributed by atoms with Crippen molar-refractivity contribution < 1.29 is 24.5 Å². The Labute approximate surface area is 189 Å². The lowest BCUT2D eigenvalue weighted by molar-refractivity contribution is -0.161. The topological polar surface area (TPSA) is 76.0 Å². The van der Waals surface area contributed by atoms with Crippen LogP contribution in [-0.4, -0.2) is 34.5 Å². The number of hydrogen-bond donors (Lipinski definition) is 2. The third-order valence-corrected chi connectivity index (χ3v) is 8.21. The second kappa shape index (κ2) is 8.20. The summed E-state index contributed by atoms with van der Waals surface area (Å²) in [6, 6.07) is 16.6. The van der Waals surface area contributed by atoms with Crippen molar-refractivity contribution in [2.45, 2.75) is 70.4 Å². The minimum atomic E-state index is -1.03. The van der Waals surface area contributed by atoms with Gasteiger partial charge in [0, 0.05) is 12.3 Å². The number of ether oxygens (including phenoxy) is 2. The Morgan fingerprint density at radius 1 is 1.09 bits per heavy atom. The number of hydrogen-bond acceptors (Lipinski definition) is 5. The summed E-state index contributed by atoms with van der Waals surface area (Å²) in [5.41, 5.74) is 3.41. The monoisotopic (exact) mass is 436 g/mol. The summed E-state index contributed by atoms with van der Waals surface area (Å²) >= 11 is 0. The molecule has 0 bridgehead atoms. The molecule has 2 aromatic carbocycles. The van der Waals surface area contributed by atoms with Crippen LogP contribution in [0.1, 0.15) is 55.7 Å². The van der Waals surface area contributed by atoms with E-state index in [1.807, 2.05) is 18.2 Å². The summed E-state index contributed by atoms with van der Waals surface area (Å²) in [5, 5.41) is 21.7. The first-order chi connectivity index (χ1) is 15.4. The molecule has 0 spiro atoms. The number of rotatable bonds is 4. The highest BCUT2D eigenvalue weighted by atomic mass is 16.6. The van der Waals surface area contributed by atoms with Crippen LogP contribution < -0.4 is 4.74 Å². The summed E-state index contributed by atoms with van der Waals surface area (Å²) in [7, 11) is 0. The molecule has 0 radical (unpaired) electrons. The molecule has 2 N–H and O–H groups in total. The molecule has 7 atom stereocenters. The predicted octanol–water partition coefficient (Wildman–Crippen LogP) is 4.00. The Hall–Kier alpha value is -2.37. The van der Waals surface area contributed by atoms with Gasteiger partial charge >= 0.3 is 5.97 Å². The molecule has 0 aromatic heterocycles. The van der Waals surface area contributed by atoms with Gasteiger partial charge in [0.05, 0.1) is 6.10 Å². The van der Waals surface area contributed by atoms with Crippen molar-refractivity contribution in [2.24, 2.45) is 17.3 Å². The van der Waals surface area contributed by atoms with Gasteiger partial charge in [0.2, 0.25) is 0 Å². The zero-order valence-electron chi connectivity index (χ0n) is 18.7. The Balaban J connectivity index is 1.36. The minimum Gasteiger partial charge on any atom is -0.489 e. The van der Waals surface area contributed by atoms with Crippen molar-refractivity contribution in [2.75, 3.05) is 0 Å². The van der Waals surface area contributed by atoms with Gasteiger partial charge in [-0.25, -0.2) is 0 Å². The van der Waals surface area contributed by atoms with Crippen molar-refractivity contribution in [3.05, 3.63) is 65.2 Å². The first-order valence-electron chi connectivity index (χ1n) is 11.7. The van der Waals surface area contributed by atoms with E-state index in [0.717, 1.165) is 37.0 Å². The van der Waals surface area contributed by atoms with Gasteiger partial charge < -0.3 is 19.7 Å². The zero-order valence-corrected chi connectivity index (χ0v) is 18.7. The number of aryl methyl sites for hydroxylation is 1.